The van der Waals surface area contributed by atoms with Gasteiger partial charge in [0.1, 0.15) is 18.5 Å². The lowest BCUT2D eigenvalue weighted by Crippen LogP contribution is -2.42. The molecule has 0 spiro atoms. The minimum Gasteiger partial charge on any atom is -0.491 e. The molecule has 1 aliphatic carbocycles. The van der Waals surface area contributed by atoms with Crippen LogP contribution in [-0.2, 0) is 36.0 Å². The smallest absolute Gasteiger partial charge is 0.240 e. The normalized spacial score (nSPS) is 16.1. The summed E-state index contributed by atoms with van der Waals surface area (Å²) in [6, 6.07) is 35.0. The topological polar surface area (TPSA) is 78.9 Å². The first-order chi connectivity index (χ1) is 20.0. The SMILES string of the molecule is O=S(=O)(NCc1ccc2c(c1)CC(N(Cc1ccccc1)C[C@H](O)COc1ccccc1)CCC2)c1ccccc1. The van der Waals surface area contributed by atoms with Crippen LogP contribution in [0.5, 0.6) is 5.75 Å². The monoisotopic (exact) mass is 570 g/mol. The molecule has 0 aromatic heterocycles. The van der Waals surface area contributed by atoms with E-state index in [1.54, 1.807) is 30.3 Å². The van der Waals surface area contributed by atoms with Crippen molar-refractivity contribution < 1.29 is 18.3 Å². The van der Waals surface area contributed by atoms with Crippen LogP contribution in [0.1, 0.15) is 35.1 Å². The van der Waals surface area contributed by atoms with Gasteiger partial charge in [-0.3, -0.25) is 4.90 Å². The van der Waals surface area contributed by atoms with Crippen molar-refractivity contribution >= 4 is 10.0 Å². The van der Waals surface area contributed by atoms with Crippen LogP contribution >= 0.6 is 0 Å². The molecule has 0 heterocycles. The number of aliphatic hydroxyl groups excluding tert-OH is 1. The highest BCUT2D eigenvalue weighted by atomic mass is 32.2. The molecular weight excluding hydrogens is 532 g/mol. The molecule has 0 amide bonds. The maximum absolute atomic E-state index is 12.8. The average molecular weight is 571 g/mol. The van der Waals surface area contributed by atoms with Crippen LogP contribution in [0.25, 0.3) is 0 Å². The summed E-state index contributed by atoms with van der Waals surface area (Å²) in [5, 5.41) is 11.0. The minimum atomic E-state index is -3.58. The van der Waals surface area contributed by atoms with Crippen LogP contribution in [0.3, 0.4) is 0 Å². The van der Waals surface area contributed by atoms with Gasteiger partial charge in [-0.2, -0.15) is 0 Å². The summed E-state index contributed by atoms with van der Waals surface area (Å²) in [6.07, 6.45) is 3.26. The number of sulfonamides is 1. The van der Waals surface area contributed by atoms with Gasteiger partial charge < -0.3 is 9.84 Å². The van der Waals surface area contributed by atoms with Crippen LogP contribution in [0.15, 0.2) is 114 Å². The Morgan fingerprint density at radius 2 is 1.54 bits per heavy atom. The Hall–Kier alpha value is -3.49. The van der Waals surface area contributed by atoms with Crippen molar-refractivity contribution in [2.24, 2.45) is 0 Å². The van der Waals surface area contributed by atoms with E-state index in [4.69, 9.17) is 4.74 Å². The maximum atomic E-state index is 12.8. The van der Waals surface area contributed by atoms with Crippen LogP contribution < -0.4 is 9.46 Å². The Morgan fingerprint density at radius 1 is 0.854 bits per heavy atom. The molecule has 4 aromatic carbocycles. The lowest BCUT2D eigenvalue weighted by atomic mass is 9.98. The van der Waals surface area contributed by atoms with E-state index in [0.29, 0.717) is 6.54 Å². The third kappa shape index (κ3) is 8.27. The minimum absolute atomic E-state index is 0.227. The summed E-state index contributed by atoms with van der Waals surface area (Å²) in [6.45, 7) is 1.70. The molecule has 0 radical (unpaired) electrons. The molecule has 0 aliphatic heterocycles. The molecule has 1 aliphatic rings. The van der Waals surface area contributed by atoms with E-state index < -0.39 is 16.1 Å². The molecule has 0 bridgehead atoms. The molecule has 41 heavy (non-hydrogen) atoms. The quantitative estimate of drug-likeness (QED) is 0.225. The number of benzene rings is 4. The van der Waals surface area contributed by atoms with Crippen molar-refractivity contribution in [1.29, 1.82) is 0 Å². The first-order valence-electron chi connectivity index (χ1n) is 14.3. The molecule has 7 heteroatoms. The largest absolute Gasteiger partial charge is 0.491 e. The van der Waals surface area contributed by atoms with Crippen LogP contribution in [0, 0.1) is 0 Å². The summed E-state index contributed by atoms with van der Waals surface area (Å²) >= 11 is 0. The summed E-state index contributed by atoms with van der Waals surface area (Å²) in [7, 11) is -3.58. The Bertz CT molecular complexity index is 1480. The molecule has 6 nitrogen and oxygen atoms in total. The van der Waals surface area contributed by atoms with Crippen LogP contribution in [-0.4, -0.2) is 43.7 Å². The third-order valence-corrected chi connectivity index (χ3v) is 9.02. The molecule has 5 rings (SSSR count). The van der Waals surface area contributed by atoms with Gasteiger partial charge in [-0.25, -0.2) is 13.1 Å². The number of nitrogens with one attached hydrogen (secondary N) is 1. The van der Waals surface area contributed by atoms with Gasteiger partial charge in [0.2, 0.25) is 10.0 Å². The maximum Gasteiger partial charge on any atom is 0.240 e. The highest BCUT2D eigenvalue weighted by Crippen LogP contribution is 2.27. The lowest BCUT2D eigenvalue weighted by molar-refractivity contribution is 0.0463. The fourth-order valence-electron chi connectivity index (χ4n) is 5.47. The van der Waals surface area contributed by atoms with Crippen LogP contribution in [0.2, 0.25) is 0 Å². The number of aliphatic hydroxyl groups is 1. The van der Waals surface area contributed by atoms with Crippen molar-refractivity contribution in [1.82, 2.24) is 9.62 Å². The molecule has 0 saturated heterocycles. The molecule has 0 saturated carbocycles. The number of hydrogen-bond acceptors (Lipinski definition) is 5. The van der Waals surface area contributed by atoms with Gasteiger partial charge in [0, 0.05) is 25.7 Å². The number of hydrogen-bond donors (Lipinski definition) is 2. The third-order valence-electron chi connectivity index (χ3n) is 7.61. The molecule has 0 fully saturated rings. The lowest BCUT2D eigenvalue weighted by Gasteiger charge is -2.33. The molecule has 2 N–H and O–H groups in total. The van der Waals surface area contributed by atoms with Gasteiger partial charge >= 0.3 is 0 Å². The van der Waals surface area contributed by atoms with Gasteiger partial charge in [0.25, 0.3) is 0 Å². The first-order valence-corrected chi connectivity index (χ1v) is 15.7. The van der Waals surface area contributed by atoms with E-state index in [2.05, 4.69) is 33.9 Å². The Kier molecular flexibility index (Phi) is 9.85. The highest BCUT2D eigenvalue weighted by molar-refractivity contribution is 7.89. The van der Waals surface area contributed by atoms with E-state index >= 15 is 0 Å². The van der Waals surface area contributed by atoms with Gasteiger partial charge in [0.15, 0.2) is 0 Å². The van der Waals surface area contributed by atoms with Gasteiger partial charge in [-0.05, 0) is 72.2 Å². The van der Waals surface area contributed by atoms with Gasteiger partial charge in [-0.15, -0.1) is 0 Å². The predicted octanol–water partition coefficient (Wildman–Crippen LogP) is 5.35. The number of rotatable bonds is 12. The second kappa shape index (κ2) is 13.9. The number of ether oxygens (including phenoxy) is 1. The van der Waals surface area contributed by atoms with E-state index in [1.807, 2.05) is 54.6 Å². The number of aryl methyl sites for hydroxylation is 1. The highest BCUT2D eigenvalue weighted by Gasteiger charge is 2.25. The van der Waals surface area contributed by atoms with Crippen molar-refractivity contribution in [3.8, 4) is 5.75 Å². The number of para-hydroxylation sites is 1. The fourth-order valence-corrected chi connectivity index (χ4v) is 6.51. The zero-order valence-corrected chi connectivity index (χ0v) is 24.0. The van der Waals surface area contributed by atoms with E-state index in [0.717, 1.165) is 43.5 Å². The first kappa shape index (κ1) is 29.0. The zero-order valence-electron chi connectivity index (χ0n) is 23.2. The van der Waals surface area contributed by atoms with Crippen molar-refractivity contribution in [3.63, 3.8) is 0 Å². The predicted molar refractivity (Wildman–Crippen MR) is 162 cm³/mol. The van der Waals surface area contributed by atoms with Crippen molar-refractivity contribution in [3.05, 3.63) is 131 Å². The summed E-state index contributed by atoms with van der Waals surface area (Å²) in [5.74, 6) is 0.750. The van der Waals surface area contributed by atoms with E-state index in [9.17, 15) is 13.5 Å². The van der Waals surface area contributed by atoms with E-state index in [1.165, 1.54) is 16.7 Å². The Labute approximate surface area is 243 Å². The van der Waals surface area contributed by atoms with Crippen molar-refractivity contribution in [2.75, 3.05) is 13.2 Å². The van der Waals surface area contributed by atoms with Crippen LogP contribution in [0.4, 0.5) is 0 Å². The Morgan fingerprint density at radius 3 is 2.27 bits per heavy atom. The molecule has 1 unspecified atom stereocenters. The van der Waals surface area contributed by atoms with E-state index in [-0.39, 0.29) is 24.1 Å². The second-order valence-electron chi connectivity index (χ2n) is 10.7. The van der Waals surface area contributed by atoms with Gasteiger partial charge in [-0.1, -0.05) is 84.9 Å². The number of fused-ring (bicyclic) bond motifs is 1. The summed E-state index contributed by atoms with van der Waals surface area (Å²) in [5.41, 5.74) is 4.71. The summed E-state index contributed by atoms with van der Waals surface area (Å²) < 4.78 is 34.1. The molecular formula is C34H38N2O4S. The van der Waals surface area contributed by atoms with Crippen molar-refractivity contribution in [2.45, 2.75) is 55.8 Å². The average Bonchev–Trinajstić information content (AvgIpc) is 3.22. The molecule has 214 valence electrons. The number of nitrogens with zero attached hydrogens (tertiary/aromatic N) is 1. The fraction of sp³-hybridized carbons (Fsp3) is 0.294. The molecule has 2 atom stereocenters. The summed E-state index contributed by atoms with van der Waals surface area (Å²) in [4.78, 5) is 2.65. The zero-order chi connectivity index (χ0) is 28.5. The molecule has 4 aromatic rings. The standard InChI is InChI=1S/C34H38N2O4S/c37-32(26-40-33-15-6-2-7-16-33)25-36(24-27-11-4-1-5-12-27)31-14-10-13-29-20-19-28(21-30(29)22-31)23-35-41(38,39)34-17-8-3-9-18-34/h1-9,11-12,15-21,31-32,35,37H,10,13-14,22-26H2/t31?,32-/m0/s1. The second-order valence-corrected chi connectivity index (χ2v) is 12.5. The Balaban J connectivity index is 1.29. The van der Waals surface area contributed by atoms with Gasteiger partial charge in [0.05, 0.1) is 4.90 Å².